The molecule has 1 saturated heterocycles. The highest BCUT2D eigenvalue weighted by Crippen LogP contribution is 2.43. The summed E-state index contributed by atoms with van der Waals surface area (Å²) >= 11 is 0. The number of fused-ring (bicyclic) bond motifs is 2. The molecule has 0 spiro atoms. The van der Waals surface area contributed by atoms with Crippen LogP contribution in [0.5, 0.6) is 0 Å². The smallest absolute Gasteiger partial charge is 0.312 e. The number of aromatic nitrogens is 1. The molecule has 0 radical (unpaired) electrons. The summed E-state index contributed by atoms with van der Waals surface area (Å²) in [5.41, 5.74) is 0.407. The Labute approximate surface area is 154 Å². The Morgan fingerprint density at radius 2 is 1.89 bits per heavy atom. The zero-order valence-corrected chi connectivity index (χ0v) is 15.0. The Morgan fingerprint density at radius 3 is 2.44 bits per heavy atom. The third-order valence-electron chi connectivity index (χ3n) is 5.80. The van der Waals surface area contributed by atoms with Crippen LogP contribution in [0.1, 0.15) is 49.8 Å². The first-order chi connectivity index (χ1) is 12.8. The predicted molar refractivity (Wildman–Crippen MR) is 92.7 cm³/mol. The quantitative estimate of drug-likeness (QED) is 0.829. The highest BCUT2D eigenvalue weighted by molar-refractivity contribution is 6.23. The van der Waals surface area contributed by atoms with E-state index < -0.39 is 29.5 Å². The Hall–Kier alpha value is -2.77. The fraction of sp³-hybridized carbons (Fsp3) is 0.474. The zero-order chi connectivity index (χ0) is 19.5. The molecule has 1 N–H and O–H groups in total. The summed E-state index contributed by atoms with van der Waals surface area (Å²) in [5.74, 6) is -4.40. The van der Waals surface area contributed by atoms with Crippen LogP contribution in [0.15, 0.2) is 10.6 Å². The molecule has 1 aliphatic carbocycles. The van der Waals surface area contributed by atoms with Crippen molar-refractivity contribution in [2.75, 3.05) is 4.90 Å². The summed E-state index contributed by atoms with van der Waals surface area (Å²) in [6, 6.07) is 1.06. The van der Waals surface area contributed by atoms with E-state index in [1.807, 2.05) is 0 Å². The van der Waals surface area contributed by atoms with E-state index in [4.69, 9.17) is 4.52 Å². The monoisotopic (exact) mass is 374 g/mol. The number of halogens is 1. The van der Waals surface area contributed by atoms with Gasteiger partial charge in [-0.05, 0) is 32.3 Å². The predicted octanol–water partition coefficient (Wildman–Crippen LogP) is 3.14. The first-order valence-electron chi connectivity index (χ1n) is 9.02. The fourth-order valence-corrected chi connectivity index (χ4v) is 4.34. The molecule has 1 aromatic heterocycles. The maximum atomic E-state index is 14.9. The second-order valence-electron chi connectivity index (χ2n) is 7.34. The summed E-state index contributed by atoms with van der Waals surface area (Å²) in [5, 5.41) is 13.4. The minimum atomic E-state index is -1.10. The van der Waals surface area contributed by atoms with Crippen molar-refractivity contribution in [3.63, 3.8) is 0 Å². The average molecular weight is 374 g/mol. The van der Waals surface area contributed by atoms with E-state index in [2.05, 4.69) is 5.16 Å². The van der Waals surface area contributed by atoms with E-state index in [9.17, 15) is 23.9 Å². The van der Waals surface area contributed by atoms with Crippen molar-refractivity contribution < 1.29 is 28.4 Å². The van der Waals surface area contributed by atoms with Crippen molar-refractivity contribution in [2.45, 2.75) is 45.4 Å². The third kappa shape index (κ3) is 2.46. The van der Waals surface area contributed by atoms with Crippen LogP contribution in [0, 0.1) is 24.6 Å². The SMILES string of the molecule is Cc1c(N2C(=O)C3CCCCC3C2=O)c(F)cc2onc(C(C)C(=O)O)c12. The minimum absolute atomic E-state index is 0.0911. The Balaban J connectivity index is 1.89. The molecule has 2 aliphatic rings. The molecule has 1 aliphatic heterocycles. The standard InChI is InChI=1S/C19H19FN2O5/c1-8-14-13(27-21-15(14)9(2)19(25)26)7-12(20)16(8)22-17(23)10-5-3-4-6-11(10)18(22)24/h7,9-11H,3-6H2,1-2H3,(H,25,26). The lowest BCUT2D eigenvalue weighted by atomic mass is 9.81. The van der Waals surface area contributed by atoms with E-state index >= 15 is 0 Å². The molecular formula is C19H19FN2O5. The first-order valence-corrected chi connectivity index (χ1v) is 9.02. The van der Waals surface area contributed by atoms with Gasteiger partial charge in [-0.25, -0.2) is 9.29 Å². The van der Waals surface area contributed by atoms with Crippen LogP contribution < -0.4 is 4.90 Å². The average Bonchev–Trinajstić information content (AvgIpc) is 3.16. The van der Waals surface area contributed by atoms with Gasteiger partial charge in [-0.2, -0.15) is 0 Å². The zero-order valence-electron chi connectivity index (χ0n) is 15.0. The van der Waals surface area contributed by atoms with Crippen molar-refractivity contribution >= 4 is 34.4 Å². The molecule has 3 atom stereocenters. The lowest BCUT2D eigenvalue weighted by Gasteiger charge is -2.19. The summed E-state index contributed by atoms with van der Waals surface area (Å²) < 4.78 is 20.0. The summed E-state index contributed by atoms with van der Waals surface area (Å²) in [4.78, 5) is 38.0. The molecular weight excluding hydrogens is 355 g/mol. The van der Waals surface area contributed by atoms with Gasteiger partial charge in [0, 0.05) is 6.07 Å². The number of aryl methyl sites for hydroxylation is 1. The van der Waals surface area contributed by atoms with E-state index in [1.54, 1.807) is 6.92 Å². The number of carboxylic acids is 1. The van der Waals surface area contributed by atoms with Crippen molar-refractivity contribution in [2.24, 2.45) is 11.8 Å². The molecule has 7 nitrogen and oxygen atoms in total. The molecule has 2 aromatic rings. The number of carbonyl (C=O) groups excluding carboxylic acids is 2. The summed E-state index contributed by atoms with van der Waals surface area (Å²) in [6.07, 6.45) is 3.01. The van der Waals surface area contributed by atoms with E-state index in [-0.39, 0.29) is 34.3 Å². The number of imide groups is 1. The van der Waals surface area contributed by atoms with Gasteiger partial charge in [0.25, 0.3) is 0 Å². The van der Waals surface area contributed by atoms with E-state index in [0.29, 0.717) is 18.2 Å². The number of aliphatic carboxylic acids is 1. The number of amides is 2. The van der Waals surface area contributed by atoms with Crippen LogP contribution in [0.4, 0.5) is 10.1 Å². The van der Waals surface area contributed by atoms with Crippen molar-refractivity contribution in [3.05, 3.63) is 23.1 Å². The third-order valence-corrected chi connectivity index (χ3v) is 5.80. The van der Waals surface area contributed by atoms with Crippen molar-refractivity contribution in [1.29, 1.82) is 0 Å². The van der Waals surface area contributed by atoms with Crippen LogP contribution in [0.2, 0.25) is 0 Å². The molecule has 1 aromatic carbocycles. The molecule has 8 heteroatoms. The largest absolute Gasteiger partial charge is 0.481 e. The summed E-state index contributed by atoms with van der Waals surface area (Å²) in [6.45, 7) is 3.00. The van der Waals surface area contributed by atoms with Gasteiger partial charge in [-0.3, -0.25) is 14.4 Å². The molecule has 2 heterocycles. The van der Waals surface area contributed by atoms with Crippen LogP contribution in [-0.2, 0) is 14.4 Å². The molecule has 3 unspecified atom stereocenters. The number of nitrogens with zero attached hydrogens (tertiary/aromatic N) is 2. The highest BCUT2D eigenvalue weighted by Gasteiger charge is 2.50. The fourth-order valence-electron chi connectivity index (χ4n) is 4.34. The van der Waals surface area contributed by atoms with Gasteiger partial charge in [0.1, 0.15) is 11.6 Å². The number of anilines is 1. The second-order valence-corrected chi connectivity index (χ2v) is 7.34. The lowest BCUT2D eigenvalue weighted by Crippen LogP contribution is -2.32. The maximum Gasteiger partial charge on any atom is 0.312 e. The van der Waals surface area contributed by atoms with Crippen molar-refractivity contribution in [3.8, 4) is 0 Å². The summed E-state index contributed by atoms with van der Waals surface area (Å²) in [7, 11) is 0. The topological polar surface area (TPSA) is 101 Å². The Kier molecular flexibility index (Phi) is 4.01. The lowest BCUT2D eigenvalue weighted by molar-refractivity contribution is -0.138. The second kappa shape index (κ2) is 6.14. The van der Waals surface area contributed by atoms with Gasteiger partial charge in [0.15, 0.2) is 11.4 Å². The van der Waals surface area contributed by atoms with Gasteiger partial charge in [0.05, 0.1) is 22.9 Å². The number of carboxylic acid groups (broad SMARTS) is 1. The first kappa shape index (κ1) is 17.6. The van der Waals surface area contributed by atoms with Crippen LogP contribution in [0.25, 0.3) is 11.0 Å². The van der Waals surface area contributed by atoms with Gasteiger partial charge in [-0.1, -0.05) is 18.0 Å². The normalized spacial score (nSPS) is 23.7. The van der Waals surface area contributed by atoms with E-state index in [0.717, 1.165) is 23.8 Å². The molecule has 2 amide bonds. The van der Waals surface area contributed by atoms with Gasteiger partial charge in [-0.15, -0.1) is 0 Å². The number of hydrogen-bond donors (Lipinski definition) is 1. The molecule has 4 rings (SSSR count). The van der Waals surface area contributed by atoms with E-state index in [1.165, 1.54) is 6.92 Å². The minimum Gasteiger partial charge on any atom is -0.481 e. The molecule has 142 valence electrons. The van der Waals surface area contributed by atoms with Gasteiger partial charge in [0.2, 0.25) is 11.8 Å². The van der Waals surface area contributed by atoms with Gasteiger partial charge >= 0.3 is 5.97 Å². The molecule has 0 bridgehead atoms. The van der Waals surface area contributed by atoms with Crippen LogP contribution in [0.3, 0.4) is 0 Å². The Morgan fingerprint density at radius 1 is 1.30 bits per heavy atom. The van der Waals surface area contributed by atoms with Crippen molar-refractivity contribution in [1.82, 2.24) is 5.16 Å². The van der Waals surface area contributed by atoms with Crippen LogP contribution >= 0.6 is 0 Å². The number of benzene rings is 1. The molecule has 1 saturated carbocycles. The maximum absolute atomic E-state index is 14.9. The highest BCUT2D eigenvalue weighted by atomic mass is 19.1. The number of carbonyl (C=O) groups is 3. The number of hydrogen-bond acceptors (Lipinski definition) is 5. The van der Waals surface area contributed by atoms with Crippen LogP contribution in [-0.4, -0.2) is 28.0 Å². The Bertz CT molecular complexity index is 958. The number of rotatable bonds is 3. The molecule has 27 heavy (non-hydrogen) atoms. The molecule has 2 fully saturated rings. The van der Waals surface area contributed by atoms with Gasteiger partial charge < -0.3 is 9.63 Å².